The van der Waals surface area contributed by atoms with Gasteiger partial charge >= 0.3 is 0 Å². The molecule has 2 atom stereocenters. The van der Waals surface area contributed by atoms with E-state index in [9.17, 15) is 14.4 Å². The summed E-state index contributed by atoms with van der Waals surface area (Å²) in [6, 6.07) is 7.35. The lowest BCUT2D eigenvalue weighted by molar-refractivity contribution is -0.131. The van der Waals surface area contributed by atoms with Gasteiger partial charge in [-0.25, -0.2) is 0 Å². The zero-order chi connectivity index (χ0) is 20.1. The number of nitrogens with zero attached hydrogens (tertiary/aromatic N) is 3. The standard InChI is InChI=1S/C22H24N4O3/c1-13(27)25-10-14-6-17(12-25)20-8-16(9-21(28)26(20)11-14)19-7-15(4-5-23-19)22(29)24-18-2-3-18/h4-5,7-9,14,17-18H,2-3,6,10-12H2,1H3,(H,24,29)/t14-,17+/m0/s1. The number of hydrogen-bond acceptors (Lipinski definition) is 4. The molecule has 7 heteroatoms. The van der Waals surface area contributed by atoms with Crippen molar-refractivity contribution in [3.05, 3.63) is 52.1 Å². The van der Waals surface area contributed by atoms with Crippen LogP contribution in [-0.4, -0.2) is 45.4 Å². The van der Waals surface area contributed by atoms with Gasteiger partial charge in [0.05, 0.1) is 5.69 Å². The largest absolute Gasteiger partial charge is 0.349 e. The molecule has 1 saturated carbocycles. The van der Waals surface area contributed by atoms with Crippen LogP contribution in [0.25, 0.3) is 11.3 Å². The second-order valence-corrected chi connectivity index (χ2v) is 8.52. The van der Waals surface area contributed by atoms with Crippen LogP contribution in [0, 0.1) is 5.92 Å². The Morgan fingerprint density at radius 1 is 1.14 bits per heavy atom. The van der Waals surface area contributed by atoms with Crippen LogP contribution in [0.4, 0.5) is 0 Å². The maximum Gasteiger partial charge on any atom is 0.251 e. The molecule has 5 rings (SSSR count). The molecule has 0 aromatic carbocycles. The minimum atomic E-state index is -0.0990. The van der Waals surface area contributed by atoms with E-state index in [-0.39, 0.29) is 29.3 Å². The van der Waals surface area contributed by atoms with Gasteiger partial charge in [-0.1, -0.05) is 0 Å². The molecule has 2 aromatic heterocycles. The summed E-state index contributed by atoms with van der Waals surface area (Å²) < 4.78 is 1.85. The third kappa shape index (κ3) is 3.45. The van der Waals surface area contributed by atoms with Crippen LogP contribution in [0.3, 0.4) is 0 Å². The number of piperidine rings is 1. The van der Waals surface area contributed by atoms with Gasteiger partial charge in [-0.15, -0.1) is 0 Å². The summed E-state index contributed by atoms with van der Waals surface area (Å²) >= 11 is 0. The summed E-state index contributed by atoms with van der Waals surface area (Å²) in [7, 11) is 0. The molecule has 2 aromatic rings. The number of carbonyl (C=O) groups excluding carboxylic acids is 2. The molecule has 0 spiro atoms. The van der Waals surface area contributed by atoms with Crippen LogP contribution in [0.1, 0.15) is 48.2 Å². The van der Waals surface area contributed by atoms with Gasteiger partial charge in [0, 0.05) is 67.6 Å². The van der Waals surface area contributed by atoms with Crippen LogP contribution in [0.15, 0.2) is 35.3 Å². The van der Waals surface area contributed by atoms with Crippen molar-refractivity contribution in [1.29, 1.82) is 0 Å². The van der Waals surface area contributed by atoms with Gasteiger partial charge < -0.3 is 14.8 Å². The summed E-state index contributed by atoms with van der Waals surface area (Å²) in [5.41, 5.74) is 2.82. The predicted octanol–water partition coefficient (Wildman–Crippen LogP) is 1.77. The van der Waals surface area contributed by atoms with Gasteiger partial charge in [-0.05, 0) is 43.4 Å². The Hall–Kier alpha value is -2.96. The second-order valence-electron chi connectivity index (χ2n) is 8.52. The first-order valence-electron chi connectivity index (χ1n) is 10.3. The van der Waals surface area contributed by atoms with Crippen molar-refractivity contribution >= 4 is 11.8 Å². The number of aromatic nitrogens is 2. The SMILES string of the molecule is CC(=O)N1C[C@@H]2C[C@H](C1)c1cc(-c3cc(C(=O)NC4CC4)ccn3)cc(=O)n1C2. The lowest BCUT2D eigenvalue weighted by Crippen LogP contribution is -2.48. The number of nitrogens with one attached hydrogen (secondary N) is 1. The topological polar surface area (TPSA) is 84.3 Å². The van der Waals surface area contributed by atoms with Gasteiger partial charge in [-0.2, -0.15) is 0 Å². The monoisotopic (exact) mass is 392 g/mol. The van der Waals surface area contributed by atoms with E-state index in [0.29, 0.717) is 30.3 Å². The Bertz CT molecular complexity index is 1060. The molecule has 1 N–H and O–H groups in total. The number of fused-ring (bicyclic) bond motifs is 4. The average Bonchev–Trinajstić information content (AvgIpc) is 3.52. The Morgan fingerprint density at radius 2 is 1.97 bits per heavy atom. The predicted molar refractivity (Wildman–Crippen MR) is 108 cm³/mol. The molecule has 2 aliphatic heterocycles. The van der Waals surface area contributed by atoms with Crippen LogP contribution in [0.5, 0.6) is 0 Å². The molecule has 0 unspecified atom stereocenters. The number of carbonyl (C=O) groups is 2. The highest BCUT2D eigenvalue weighted by molar-refractivity contribution is 5.95. The first kappa shape index (κ1) is 18.1. The fourth-order valence-electron chi connectivity index (χ4n) is 4.59. The number of pyridine rings is 2. The molecule has 0 radical (unpaired) electrons. The van der Waals surface area contributed by atoms with E-state index in [1.807, 2.05) is 15.5 Å². The molecule has 1 saturated heterocycles. The Labute approximate surface area is 168 Å². The summed E-state index contributed by atoms with van der Waals surface area (Å²) in [5, 5.41) is 2.98. The van der Waals surface area contributed by atoms with E-state index in [1.165, 1.54) is 0 Å². The number of rotatable bonds is 3. The normalized spacial score (nSPS) is 22.7. The van der Waals surface area contributed by atoms with E-state index in [2.05, 4.69) is 10.3 Å². The highest BCUT2D eigenvalue weighted by Gasteiger charge is 2.35. The van der Waals surface area contributed by atoms with Crippen LogP contribution in [0.2, 0.25) is 0 Å². The lowest BCUT2D eigenvalue weighted by Gasteiger charge is -2.42. The van der Waals surface area contributed by atoms with E-state index in [0.717, 1.165) is 37.1 Å². The molecule has 4 heterocycles. The van der Waals surface area contributed by atoms with Crippen molar-refractivity contribution in [1.82, 2.24) is 19.8 Å². The molecule has 2 fully saturated rings. The quantitative estimate of drug-likeness (QED) is 0.863. The van der Waals surface area contributed by atoms with E-state index in [4.69, 9.17) is 0 Å². The summed E-state index contributed by atoms with van der Waals surface area (Å²) in [6.07, 6.45) is 4.67. The number of amides is 2. The highest BCUT2D eigenvalue weighted by atomic mass is 16.2. The summed E-state index contributed by atoms with van der Waals surface area (Å²) in [6.45, 7) is 3.61. The van der Waals surface area contributed by atoms with E-state index < -0.39 is 0 Å². The van der Waals surface area contributed by atoms with Crippen LogP contribution in [-0.2, 0) is 11.3 Å². The average molecular weight is 392 g/mol. The fourth-order valence-corrected chi connectivity index (χ4v) is 4.59. The maximum atomic E-state index is 12.9. The van der Waals surface area contributed by atoms with Crippen molar-refractivity contribution in [3.8, 4) is 11.3 Å². The van der Waals surface area contributed by atoms with Crippen LogP contribution >= 0.6 is 0 Å². The second kappa shape index (κ2) is 6.83. The van der Waals surface area contributed by atoms with E-state index in [1.54, 1.807) is 31.3 Å². The summed E-state index contributed by atoms with van der Waals surface area (Å²) in [5.74, 6) is 0.461. The zero-order valence-corrected chi connectivity index (χ0v) is 16.4. The van der Waals surface area contributed by atoms with Crippen molar-refractivity contribution in [2.45, 2.75) is 44.7 Å². The molecule has 2 amide bonds. The highest BCUT2D eigenvalue weighted by Crippen LogP contribution is 2.36. The van der Waals surface area contributed by atoms with E-state index >= 15 is 0 Å². The molecular formula is C22H24N4O3. The maximum absolute atomic E-state index is 12.9. The Morgan fingerprint density at radius 3 is 2.72 bits per heavy atom. The molecule has 29 heavy (non-hydrogen) atoms. The Balaban J connectivity index is 1.49. The van der Waals surface area contributed by atoms with Gasteiger partial charge in [0.15, 0.2) is 0 Å². The smallest absolute Gasteiger partial charge is 0.251 e. The van der Waals surface area contributed by atoms with Crippen molar-refractivity contribution in [3.63, 3.8) is 0 Å². The zero-order valence-electron chi connectivity index (χ0n) is 16.4. The minimum Gasteiger partial charge on any atom is -0.349 e. The number of hydrogen-bond donors (Lipinski definition) is 1. The lowest BCUT2D eigenvalue weighted by atomic mass is 9.82. The fraction of sp³-hybridized carbons (Fsp3) is 0.455. The molecule has 2 bridgehead atoms. The minimum absolute atomic E-state index is 0.0434. The van der Waals surface area contributed by atoms with Crippen molar-refractivity contribution in [2.24, 2.45) is 5.92 Å². The third-order valence-electron chi connectivity index (χ3n) is 6.23. The number of likely N-dealkylation sites (tertiary alicyclic amines) is 1. The first-order valence-corrected chi connectivity index (χ1v) is 10.3. The first-order chi connectivity index (χ1) is 14.0. The molecule has 3 aliphatic rings. The molecular weight excluding hydrogens is 368 g/mol. The van der Waals surface area contributed by atoms with Crippen molar-refractivity contribution in [2.75, 3.05) is 13.1 Å². The summed E-state index contributed by atoms with van der Waals surface area (Å²) in [4.78, 5) is 43.4. The van der Waals surface area contributed by atoms with Gasteiger partial charge in [0.2, 0.25) is 5.91 Å². The van der Waals surface area contributed by atoms with Gasteiger partial charge in [0.25, 0.3) is 11.5 Å². The molecule has 7 nitrogen and oxygen atoms in total. The van der Waals surface area contributed by atoms with Crippen LogP contribution < -0.4 is 10.9 Å². The van der Waals surface area contributed by atoms with Crippen molar-refractivity contribution < 1.29 is 9.59 Å². The molecule has 1 aliphatic carbocycles. The Kier molecular flexibility index (Phi) is 4.26. The third-order valence-corrected chi connectivity index (χ3v) is 6.23. The molecule has 150 valence electrons. The van der Waals surface area contributed by atoms with Gasteiger partial charge in [0.1, 0.15) is 0 Å². The van der Waals surface area contributed by atoms with Gasteiger partial charge in [-0.3, -0.25) is 19.4 Å².